The van der Waals surface area contributed by atoms with E-state index in [-0.39, 0.29) is 17.7 Å². The van der Waals surface area contributed by atoms with E-state index in [1.807, 2.05) is 6.07 Å². The van der Waals surface area contributed by atoms with Crippen LogP contribution in [0.25, 0.3) is 0 Å². The van der Waals surface area contributed by atoms with Crippen molar-refractivity contribution in [2.75, 3.05) is 12.9 Å². The summed E-state index contributed by atoms with van der Waals surface area (Å²) in [6.45, 7) is 0.0120. The predicted molar refractivity (Wildman–Crippen MR) is 98.5 cm³/mol. The molecule has 5 nitrogen and oxygen atoms in total. The lowest BCUT2D eigenvalue weighted by Gasteiger charge is -2.16. The van der Waals surface area contributed by atoms with E-state index in [1.54, 1.807) is 12.1 Å². The lowest BCUT2D eigenvalue weighted by atomic mass is 10.1. The zero-order valence-corrected chi connectivity index (χ0v) is 15.6. The molecular formula is C19H18F3NO4S. The van der Waals surface area contributed by atoms with Crippen LogP contribution in [0, 0.1) is 0 Å². The van der Waals surface area contributed by atoms with E-state index in [9.17, 15) is 18.0 Å². The number of ether oxygens (including phenoxy) is 2. The van der Waals surface area contributed by atoms with Gasteiger partial charge < -0.3 is 14.6 Å². The fraction of sp³-hybridized carbons (Fsp3) is 0.316. The number of nitrogens with one attached hydrogen (secondary N) is 1. The molecule has 0 bridgehead atoms. The van der Waals surface area contributed by atoms with E-state index in [2.05, 4.69) is 5.32 Å². The third-order valence-corrected chi connectivity index (χ3v) is 5.51. The number of methoxy groups -OCH3 is 1. The Labute approximate surface area is 163 Å². The molecule has 0 aromatic heterocycles. The summed E-state index contributed by atoms with van der Waals surface area (Å²) in [5.41, 5.74) is 0.716. The first-order chi connectivity index (χ1) is 13.3. The van der Waals surface area contributed by atoms with Crippen LogP contribution in [0.2, 0.25) is 0 Å². The van der Waals surface area contributed by atoms with Crippen LogP contribution in [0.15, 0.2) is 42.5 Å². The van der Waals surface area contributed by atoms with Crippen molar-refractivity contribution in [2.24, 2.45) is 0 Å². The highest BCUT2D eigenvalue weighted by Gasteiger charge is 2.31. The van der Waals surface area contributed by atoms with Crippen LogP contribution in [0.5, 0.6) is 11.5 Å². The summed E-state index contributed by atoms with van der Waals surface area (Å²) < 4.78 is 49.4. The second-order valence-corrected chi connectivity index (χ2v) is 7.29. The molecule has 0 spiro atoms. The van der Waals surface area contributed by atoms with E-state index >= 15 is 0 Å². The SMILES string of the molecule is COc1ccc([C@@H]2N[C@H](C(=O)O)CS2)cc1COc1cccc(C(F)(F)F)c1. The summed E-state index contributed by atoms with van der Waals surface area (Å²) in [5, 5.41) is 11.9. The van der Waals surface area contributed by atoms with Gasteiger partial charge in [-0.2, -0.15) is 13.2 Å². The van der Waals surface area contributed by atoms with Crippen LogP contribution in [-0.2, 0) is 17.6 Å². The standard InChI is InChI=1S/C19H18F3NO4S/c1-26-16-6-5-11(17-23-15(10-28-17)18(24)25)7-12(16)9-27-14-4-2-3-13(8-14)19(20,21)22/h2-8,15,17,23H,9-10H2,1H3,(H,24,25)/t15-,17+/m0/s1. The van der Waals surface area contributed by atoms with E-state index in [4.69, 9.17) is 14.6 Å². The molecular weight excluding hydrogens is 395 g/mol. The minimum Gasteiger partial charge on any atom is -0.496 e. The Bertz CT molecular complexity index is 859. The summed E-state index contributed by atoms with van der Waals surface area (Å²) in [7, 11) is 1.49. The quantitative estimate of drug-likeness (QED) is 0.744. The molecule has 0 saturated carbocycles. The van der Waals surface area contributed by atoms with Gasteiger partial charge in [0.05, 0.1) is 18.0 Å². The highest BCUT2D eigenvalue weighted by molar-refractivity contribution is 7.99. The number of hydrogen-bond acceptors (Lipinski definition) is 5. The molecule has 2 N–H and O–H groups in total. The second kappa shape index (κ2) is 8.32. The Morgan fingerprint density at radius 1 is 1.29 bits per heavy atom. The molecule has 28 heavy (non-hydrogen) atoms. The van der Waals surface area contributed by atoms with Crippen molar-refractivity contribution < 1.29 is 32.5 Å². The molecule has 1 saturated heterocycles. The average Bonchev–Trinajstić information content (AvgIpc) is 3.16. The van der Waals surface area contributed by atoms with Gasteiger partial charge in [0, 0.05) is 11.3 Å². The van der Waals surface area contributed by atoms with Crippen LogP contribution in [0.4, 0.5) is 13.2 Å². The maximum atomic E-state index is 12.8. The maximum absolute atomic E-state index is 12.8. The molecule has 1 aliphatic heterocycles. The molecule has 2 atom stereocenters. The van der Waals surface area contributed by atoms with Crippen molar-refractivity contribution in [3.8, 4) is 11.5 Å². The van der Waals surface area contributed by atoms with Gasteiger partial charge in [0.2, 0.25) is 0 Å². The summed E-state index contributed by atoms with van der Waals surface area (Å²) >= 11 is 1.47. The molecule has 150 valence electrons. The fourth-order valence-corrected chi connectivity index (χ4v) is 4.03. The van der Waals surface area contributed by atoms with Crippen LogP contribution >= 0.6 is 11.8 Å². The second-order valence-electron chi connectivity index (χ2n) is 6.16. The van der Waals surface area contributed by atoms with Gasteiger partial charge in [-0.3, -0.25) is 10.1 Å². The third kappa shape index (κ3) is 4.71. The van der Waals surface area contributed by atoms with Crippen LogP contribution in [0.1, 0.15) is 22.1 Å². The monoisotopic (exact) mass is 413 g/mol. The molecule has 1 heterocycles. The summed E-state index contributed by atoms with van der Waals surface area (Å²) in [4.78, 5) is 11.1. The summed E-state index contributed by atoms with van der Waals surface area (Å²) in [5.74, 6) is 0.175. The minimum atomic E-state index is -4.44. The molecule has 0 amide bonds. The number of benzene rings is 2. The Morgan fingerprint density at radius 3 is 2.71 bits per heavy atom. The van der Waals surface area contributed by atoms with Crippen molar-refractivity contribution >= 4 is 17.7 Å². The molecule has 1 aliphatic rings. The van der Waals surface area contributed by atoms with Crippen molar-refractivity contribution in [2.45, 2.75) is 24.2 Å². The average molecular weight is 413 g/mol. The summed E-state index contributed by atoms with van der Waals surface area (Å²) in [6.07, 6.45) is -4.44. The third-order valence-electron chi connectivity index (χ3n) is 4.24. The molecule has 9 heteroatoms. The Balaban J connectivity index is 1.75. The zero-order valence-electron chi connectivity index (χ0n) is 14.8. The van der Waals surface area contributed by atoms with Gasteiger partial charge in [-0.25, -0.2) is 0 Å². The molecule has 2 aromatic carbocycles. The topological polar surface area (TPSA) is 67.8 Å². The van der Waals surface area contributed by atoms with Crippen LogP contribution in [0.3, 0.4) is 0 Å². The van der Waals surface area contributed by atoms with Crippen molar-refractivity contribution in [1.82, 2.24) is 5.32 Å². The highest BCUT2D eigenvalue weighted by Crippen LogP contribution is 2.36. The van der Waals surface area contributed by atoms with Crippen molar-refractivity contribution in [3.05, 3.63) is 59.2 Å². The van der Waals surface area contributed by atoms with E-state index in [0.29, 0.717) is 17.1 Å². The van der Waals surface area contributed by atoms with Crippen molar-refractivity contribution in [1.29, 1.82) is 0 Å². The van der Waals surface area contributed by atoms with E-state index < -0.39 is 23.8 Å². The Hall–Kier alpha value is -2.39. The normalized spacial score (nSPS) is 19.4. The minimum absolute atomic E-state index is 0.0120. The number of thioether (sulfide) groups is 1. The van der Waals surface area contributed by atoms with Gasteiger partial charge in [0.15, 0.2) is 0 Å². The Kier molecular flexibility index (Phi) is 6.04. The van der Waals surface area contributed by atoms with Gasteiger partial charge in [-0.15, -0.1) is 11.8 Å². The first-order valence-electron chi connectivity index (χ1n) is 8.35. The van der Waals surface area contributed by atoms with Gasteiger partial charge in [0.1, 0.15) is 24.1 Å². The predicted octanol–water partition coefficient (Wildman–Crippen LogP) is 4.08. The van der Waals surface area contributed by atoms with Crippen LogP contribution < -0.4 is 14.8 Å². The number of alkyl halides is 3. The Morgan fingerprint density at radius 2 is 2.07 bits per heavy atom. The number of carboxylic acid groups (broad SMARTS) is 1. The van der Waals surface area contributed by atoms with Crippen molar-refractivity contribution in [3.63, 3.8) is 0 Å². The number of hydrogen-bond donors (Lipinski definition) is 2. The number of halogens is 3. The van der Waals surface area contributed by atoms with Gasteiger partial charge in [0.25, 0.3) is 0 Å². The van der Waals surface area contributed by atoms with Gasteiger partial charge in [-0.1, -0.05) is 12.1 Å². The fourth-order valence-electron chi connectivity index (χ4n) is 2.80. The lowest BCUT2D eigenvalue weighted by Crippen LogP contribution is -2.33. The largest absolute Gasteiger partial charge is 0.496 e. The first kappa shape index (κ1) is 20.3. The molecule has 1 fully saturated rings. The smallest absolute Gasteiger partial charge is 0.416 e. The maximum Gasteiger partial charge on any atom is 0.416 e. The lowest BCUT2D eigenvalue weighted by molar-refractivity contribution is -0.139. The molecule has 2 aromatic rings. The van der Waals surface area contributed by atoms with Gasteiger partial charge >= 0.3 is 12.1 Å². The molecule has 0 radical (unpaired) electrons. The van der Waals surface area contributed by atoms with Crippen LogP contribution in [-0.4, -0.2) is 30.0 Å². The zero-order chi connectivity index (χ0) is 20.3. The number of carbonyl (C=O) groups is 1. The molecule has 0 aliphatic carbocycles. The van der Waals surface area contributed by atoms with E-state index in [0.717, 1.165) is 17.7 Å². The highest BCUT2D eigenvalue weighted by atomic mass is 32.2. The number of rotatable bonds is 6. The van der Waals surface area contributed by atoms with E-state index in [1.165, 1.54) is 31.0 Å². The first-order valence-corrected chi connectivity index (χ1v) is 9.40. The number of aliphatic carboxylic acids is 1. The number of carboxylic acids is 1. The molecule has 0 unspecified atom stereocenters. The van der Waals surface area contributed by atoms with Gasteiger partial charge in [-0.05, 0) is 35.9 Å². The molecule has 3 rings (SSSR count). The summed E-state index contributed by atoms with van der Waals surface area (Å²) in [6, 6.07) is 9.41.